The first-order valence-corrected chi connectivity index (χ1v) is 21.6. The van der Waals surface area contributed by atoms with Crippen LogP contribution in [0.25, 0.3) is 44.5 Å². The summed E-state index contributed by atoms with van der Waals surface area (Å²) in [4.78, 5) is 23.3. The Morgan fingerprint density at radius 3 is 1.07 bits per heavy atom. The molecule has 5 aromatic rings. The van der Waals surface area contributed by atoms with Gasteiger partial charge in [-0.3, -0.25) is 9.59 Å². The average Bonchev–Trinajstić information content (AvgIpc) is 3.21. The number of hydrogen-bond donors (Lipinski definition) is 0. The molecular weight excluding hydrogens is 832 g/mol. The molecule has 5 rings (SSSR count). The smallest absolute Gasteiger partial charge is 0.324 e. The molecule has 0 aromatic heterocycles. The molecule has 5 aromatic carbocycles. The van der Waals surface area contributed by atoms with Crippen LogP contribution < -0.4 is 18.9 Å². The molecule has 0 amide bonds. The van der Waals surface area contributed by atoms with E-state index in [4.69, 9.17) is 18.9 Å². The Morgan fingerprint density at radius 2 is 0.768 bits per heavy atom. The van der Waals surface area contributed by atoms with E-state index in [2.05, 4.69) is 106 Å². The molecule has 0 aliphatic heterocycles. The van der Waals surface area contributed by atoms with E-state index < -0.39 is 0 Å². The minimum atomic E-state index is -0.375. The molecule has 0 spiro atoms. The quantitative estimate of drug-likeness (QED) is 0.0336. The summed E-state index contributed by atoms with van der Waals surface area (Å²) in [6.07, 6.45) is 8.92. The van der Waals surface area contributed by atoms with E-state index in [9.17, 15) is 9.59 Å². The maximum Gasteiger partial charge on any atom is 0.324 e. The highest BCUT2D eigenvalue weighted by molar-refractivity contribution is 9.10. The Labute approximate surface area is 349 Å². The summed E-state index contributed by atoms with van der Waals surface area (Å²) in [5, 5.41) is 0. The van der Waals surface area contributed by atoms with E-state index in [1.807, 2.05) is 48.5 Å². The topological polar surface area (TPSA) is 71.1 Å². The zero-order valence-electron chi connectivity index (χ0n) is 32.8. The van der Waals surface area contributed by atoms with E-state index in [1.165, 1.54) is 25.7 Å². The molecule has 6 nitrogen and oxygen atoms in total. The first-order valence-electron chi connectivity index (χ1n) is 19.7. The van der Waals surface area contributed by atoms with Gasteiger partial charge in [0.25, 0.3) is 0 Å². The van der Waals surface area contributed by atoms with Crippen LogP contribution in [-0.4, -0.2) is 34.8 Å². The second-order valence-corrected chi connectivity index (χ2v) is 16.7. The third-order valence-corrected chi connectivity index (χ3v) is 10.2. The average molecular weight is 885 g/mol. The Morgan fingerprint density at radius 1 is 0.464 bits per heavy atom. The van der Waals surface area contributed by atoms with Crippen molar-refractivity contribution >= 4 is 43.8 Å². The van der Waals surface area contributed by atoms with Gasteiger partial charge in [0.1, 0.15) is 32.7 Å². The van der Waals surface area contributed by atoms with Crippen LogP contribution in [0, 0.1) is 0 Å². The SMILES string of the molecule is CCCCCCOc1cc(-c2ccc(-c3ccc(OC(=O)C(C)Br)cc3)cc2)c(OCCCCCC)cc1-c1ccc(-c2ccc(OC(=O)C(C)Br)cc2)cc1. The van der Waals surface area contributed by atoms with Gasteiger partial charge in [-0.15, -0.1) is 0 Å². The Balaban J connectivity index is 1.46. The standard InChI is InChI=1S/C48H52Br2O6/c1-5-7-9-11-29-53-45-31-44(40-19-15-36(16-20-40)38-23-27-42(28-24-38)56-48(52)34(4)50)46(54-30-12-10-8-6-2)32-43(45)39-17-13-35(14-18-39)37-21-25-41(26-22-37)55-47(51)33(3)49/h13-28,31-34H,5-12,29-30H2,1-4H3. The van der Waals surface area contributed by atoms with Crippen LogP contribution in [0.15, 0.2) is 109 Å². The number of carbonyl (C=O) groups is 2. The van der Waals surface area contributed by atoms with Crippen molar-refractivity contribution in [3.05, 3.63) is 109 Å². The summed E-state index contributed by atoms with van der Waals surface area (Å²) in [5.41, 5.74) is 8.18. The number of rotatable bonds is 20. The maximum absolute atomic E-state index is 12.0. The fourth-order valence-electron chi connectivity index (χ4n) is 6.18. The molecule has 0 aliphatic carbocycles. The number of halogens is 2. The summed E-state index contributed by atoms with van der Waals surface area (Å²) in [5.74, 6) is 2.01. The largest absolute Gasteiger partial charge is 0.493 e. The number of hydrogen-bond acceptors (Lipinski definition) is 6. The Kier molecular flexibility index (Phi) is 16.6. The van der Waals surface area contributed by atoms with Crippen LogP contribution in [-0.2, 0) is 9.59 Å². The summed E-state index contributed by atoms with van der Waals surface area (Å²) in [7, 11) is 0. The Bertz CT molecular complexity index is 1840. The van der Waals surface area contributed by atoms with Gasteiger partial charge >= 0.3 is 11.9 Å². The Hall–Kier alpha value is -4.40. The van der Waals surface area contributed by atoms with Crippen LogP contribution in [0.3, 0.4) is 0 Å². The molecule has 0 N–H and O–H groups in total. The lowest BCUT2D eigenvalue weighted by Gasteiger charge is -2.19. The molecule has 8 heteroatoms. The van der Waals surface area contributed by atoms with Crippen molar-refractivity contribution in [2.24, 2.45) is 0 Å². The van der Waals surface area contributed by atoms with Crippen molar-refractivity contribution in [1.29, 1.82) is 0 Å². The van der Waals surface area contributed by atoms with E-state index in [1.54, 1.807) is 13.8 Å². The zero-order valence-corrected chi connectivity index (χ0v) is 36.0. The van der Waals surface area contributed by atoms with E-state index in [-0.39, 0.29) is 21.6 Å². The van der Waals surface area contributed by atoms with Crippen LogP contribution in [0.5, 0.6) is 23.0 Å². The first kappa shape index (κ1) is 42.7. The first-order chi connectivity index (χ1) is 27.2. The summed E-state index contributed by atoms with van der Waals surface area (Å²) in [6.45, 7) is 9.18. The maximum atomic E-state index is 12.0. The van der Waals surface area contributed by atoms with E-state index in [0.29, 0.717) is 24.7 Å². The minimum absolute atomic E-state index is 0.328. The molecule has 56 heavy (non-hydrogen) atoms. The van der Waals surface area contributed by atoms with Crippen LogP contribution in [0.2, 0.25) is 0 Å². The molecule has 0 saturated carbocycles. The van der Waals surface area contributed by atoms with Crippen molar-refractivity contribution in [3.8, 4) is 67.5 Å². The predicted octanol–water partition coefficient (Wildman–Crippen LogP) is 13.7. The lowest BCUT2D eigenvalue weighted by molar-refractivity contribution is -0.134. The predicted molar refractivity (Wildman–Crippen MR) is 236 cm³/mol. The summed E-state index contributed by atoms with van der Waals surface area (Å²) < 4.78 is 24.1. The molecule has 2 atom stereocenters. The van der Waals surface area contributed by atoms with Crippen LogP contribution in [0.1, 0.15) is 79.1 Å². The van der Waals surface area contributed by atoms with E-state index in [0.717, 1.165) is 81.7 Å². The van der Waals surface area contributed by atoms with E-state index >= 15 is 0 Å². The minimum Gasteiger partial charge on any atom is -0.493 e. The van der Waals surface area contributed by atoms with Gasteiger partial charge in [-0.25, -0.2) is 0 Å². The van der Waals surface area contributed by atoms with Gasteiger partial charge in [0.15, 0.2) is 0 Å². The van der Waals surface area contributed by atoms with Crippen molar-refractivity contribution in [1.82, 2.24) is 0 Å². The van der Waals surface area contributed by atoms with Crippen LogP contribution in [0.4, 0.5) is 0 Å². The second kappa shape index (κ2) is 21.8. The number of esters is 2. The van der Waals surface area contributed by atoms with Crippen molar-refractivity contribution in [3.63, 3.8) is 0 Å². The number of alkyl halides is 2. The van der Waals surface area contributed by atoms with Crippen LogP contribution >= 0.6 is 31.9 Å². The van der Waals surface area contributed by atoms with Crippen molar-refractivity contribution in [2.45, 2.75) is 88.7 Å². The van der Waals surface area contributed by atoms with Gasteiger partial charge in [-0.1, -0.05) is 157 Å². The number of benzene rings is 5. The highest BCUT2D eigenvalue weighted by Gasteiger charge is 2.18. The lowest BCUT2D eigenvalue weighted by Crippen LogP contribution is -2.16. The lowest BCUT2D eigenvalue weighted by atomic mass is 9.95. The highest BCUT2D eigenvalue weighted by Crippen LogP contribution is 2.42. The summed E-state index contributed by atoms with van der Waals surface area (Å²) in [6, 6.07) is 36.3. The normalized spacial score (nSPS) is 12.1. The van der Waals surface area contributed by atoms with Gasteiger partial charge in [0, 0.05) is 11.1 Å². The molecule has 0 aliphatic rings. The fourth-order valence-corrected chi connectivity index (χ4v) is 6.37. The van der Waals surface area contributed by atoms with Gasteiger partial charge in [0.2, 0.25) is 0 Å². The monoisotopic (exact) mass is 882 g/mol. The third-order valence-electron chi connectivity index (χ3n) is 9.45. The van der Waals surface area contributed by atoms with Crippen molar-refractivity contribution in [2.75, 3.05) is 13.2 Å². The second-order valence-electron chi connectivity index (χ2n) is 13.9. The highest BCUT2D eigenvalue weighted by atomic mass is 79.9. The van der Waals surface area contributed by atoms with Gasteiger partial charge in [-0.2, -0.15) is 0 Å². The zero-order chi connectivity index (χ0) is 39.9. The molecule has 0 saturated heterocycles. The number of carbonyl (C=O) groups excluding carboxylic acids is 2. The molecule has 0 radical (unpaired) electrons. The van der Waals surface area contributed by atoms with Gasteiger partial charge < -0.3 is 18.9 Å². The molecule has 294 valence electrons. The molecular formula is C48H52Br2O6. The number of unbranched alkanes of at least 4 members (excludes halogenated alkanes) is 6. The van der Waals surface area contributed by atoms with Gasteiger partial charge in [-0.05, 0) is 96.5 Å². The molecule has 2 unspecified atom stereocenters. The fraction of sp³-hybridized carbons (Fsp3) is 0.333. The molecule has 0 bridgehead atoms. The van der Waals surface area contributed by atoms with Crippen molar-refractivity contribution < 1.29 is 28.5 Å². The third kappa shape index (κ3) is 12.3. The molecule has 0 heterocycles. The summed E-state index contributed by atoms with van der Waals surface area (Å²) >= 11 is 6.52. The van der Waals surface area contributed by atoms with Gasteiger partial charge in [0.05, 0.1) is 13.2 Å². The number of ether oxygens (including phenoxy) is 4. The molecule has 0 fully saturated rings.